The van der Waals surface area contributed by atoms with Gasteiger partial charge in [-0.25, -0.2) is 12.9 Å². The second-order valence-corrected chi connectivity index (χ2v) is 16.1. The minimum absolute atomic E-state index is 0.0463. The Bertz CT molecular complexity index is 1640. The maximum absolute atomic E-state index is 12.6. The molecule has 2 aliphatic rings. The van der Waals surface area contributed by atoms with Crippen molar-refractivity contribution in [3.8, 4) is 0 Å². The number of halogens is 2. The molecule has 1 aromatic heterocycles. The minimum Gasteiger partial charge on any atom is -0.748 e. The second-order valence-electron chi connectivity index (χ2n) is 9.07. The van der Waals surface area contributed by atoms with Crippen LogP contribution >= 0.6 is 55.0 Å². The van der Waals surface area contributed by atoms with E-state index in [1.165, 1.54) is 11.8 Å². The van der Waals surface area contributed by atoms with Crippen LogP contribution in [-0.4, -0.2) is 43.6 Å². The van der Waals surface area contributed by atoms with Gasteiger partial charge in [-0.1, -0.05) is 43.2 Å². The third-order valence-corrected chi connectivity index (χ3v) is 12.1. The van der Waals surface area contributed by atoms with E-state index in [1.807, 2.05) is 42.5 Å². The molecule has 3 aromatic rings. The number of aromatic nitrogens is 1. The third-order valence-electron chi connectivity index (χ3n) is 6.72. The number of nitrogens with zero attached hydrogens (tertiary/aromatic N) is 2. The van der Waals surface area contributed by atoms with Crippen molar-refractivity contribution >= 4 is 97.2 Å². The summed E-state index contributed by atoms with van der Waals surface area (Å²) in [5.74, 6) is -0.411. The van der Waals surface area contributed by atoms with E-state index in [4.69, 9.17) is 0 Å². The van der Waals surface area contributed by atoms with E-state index in [-0.39, 0.29) is 10.9 Å². The SMILES string of the molecule is O=S(=O)([O-])CCCC[n+]1c(/C=C2\Sc3ccc(Br)cc3[N+]23CCCC3S(=O)(=O)O)sc2ccc(Br)cc21. The molecular weight excluding hydrogens is 688 g/mol. The lowest BCUT2D eigenvalue weighted by Gasteiger charge is -2.34. The summed E-state index contributed by atoms with van der Waals surface area (Å²) in [6.45, 7) is 1.04. The summed E-state index contributed by atoms with van der Waals surface area (Å²) in [7, 11) is -8.62. The molecule has 0 saturated carbocycles. The Morgan fingerprint density at radius 1 is 1.11 bits per heavy atom. The Morgan fingerprint density at radius 3 is 2.57 bits per heavy atom. The molecule has 1 saturated heterocycles. The molecular formula is C23H23Br2N2O6S4+. The fourth-order valence-corrected chi connectivity index (χ4v) is 10.3. The summed E-state index contributed by atoms with van der Waals surface area (Å²) in [4.78, 5) is 0.945. The van der Waals surface area contributed by atoms with Crippen molar-refractivity contribution in [2.24, 2.45) is 0 Å². The van der Waals surface area contributed by atoms with E-state index in [9.17, 15) is 25.9 Å². The van der Waals surface area contributed by atoms with Crippen LogP contribution in [0.3, 0.4) is 0 Å². The summed E-state index contributed by atoms with van der Waals surface area (Å²) in [6, 6.07) is 11.8. The third kappa shape index (κ3) is 5.46. The molecule has 1 spiro atoms. The first-order valence-electron chi connectivity index (χ1n) is 11.5. The summed E-state index contributed by atoms with van der Waals surface area (Å²) in [5.41, 5.74) is 1.81. The minimum atomic E-state index is -4.34. The molecule has 1 fully saturated rings. The molecule has 37 heavy (non-hydrogen) atoms. The number of thiazole rings is 1. The van der Waals surface area contributed by atoms with Crippen LogP contribution in [0.2, 0.25) is 0 Å². The van der Waals surface area contributed by atoms with Gasteiger partial charge in [-0.05, 0) is 42.4 Å². The van der Waals surface area contributed by atoms with Crippen molar-refractivity contribution < 1.29 is 30.5 Å². The molecule has 5 rings (SSSR count). The normalized spacial score (nSPS) is 22.9. The number of unbranched alkanes of at least 4 members (excludes halogenated alkanes) is 1. The average Bonchev–Trinajstić information content (AvgIpc) is 3.47. The van der Waals surface area contributed by atoms with E-state index in [0.717, 1.165) is 39.8 Å². The first kappa shape index (κ1) is 27.7. The van der Waals surface area contributed by atoms with Gasteiger partial charge < -0.3 is 4.55 Å². The highest BCUT2D eigenvalue weighted by Gasteiger charge is 2.58. The lowest BCUT2D eigenvalue weighted by Crippen LogP contribution is -2.53. The predicted molar refractivity (Wildman–Crippen MR) is 153 cm³/mol. The molecule has 14 heteroatoms. The van der Waals surface area contributed by atoms with Crippen molar-refractivity contribution in [3.63, 3.8) is 0 Å². The molecule has 0 radical (unpaired) electrons. The Kier molecular flexibility index (Phi) is 7.70. The van der Waals surface area contributed by atoms with Gasteiger partial charge in [-0.3, -0.25) is 4.55 Å². The molecule has 2 atom stereocenters. The highest BCUT2D eigenvalue weighted by atomic mass is 79.9. The monoisotopic (exact) mass is 709 g/mol. The van der Waals surface area contributed by atoms with Gasteiger partial charge in [0.1, 0.15) is 4.70 Å². The van der Waals surface area contributed by atoms with Crippen molar-refractivity contribution in [1.29, 1.82) is 0 Å². The van der Waals surface area contributed by atoms with E-state index in [1.54, 1.807) is 11.3 Å². The molecule has 8 nitrogen and oxygen atoms in total. The number of quaternary nitrogens is 1. The van der Waals surface area contributed by atoms with E-state index < -0.39 is 31.4 Å². The predicted octanol–water partition coefficient (Wildman–Crippen LogP) is 5.46. The Morgan fingerprint density at radius 2 is 1.84 bits per heavy atom. The topological polar surface area (TPSA) is 115 Å². The van der Waals surface area contributed by atoms with Crippen molar-refractivity contribution in [3.05, 3.63) is 55.4 Å². The van der Waals surface area contributed by atoms with Gasteiger partial charge in [-0.15, -0.1) is 0 Å². The Balaban J connectivity index is 1.64. The van der Waals surface area contributed by atoms with Crippen LogP contribution in [0.1, 0.15) is 30.7 Å². The maximum Gasteiger partial charge on any atom is 0.320 e. The van der Waals surface area contributed by atoms with Gasteiger partial charge in [0.2, 0.25) is 10.9 Å². The smallest absolute Gasteiger partial charge is 0.320 e. The van der Waals surface area contributed by atoms with Gasteiger partial charge >= 0.3 is 10.1 Å². The zero-order valence-electron chi connectivity index (χ0n) is 19.3. The maximum atomic E-state index is 12.6. The molecule has 0 amide bonds. The van der Waals surface area contributed by atoms with Crippen LogP contribution in [-0.2, 0) is 26.8 Å². The quantitative estimate of drug-likeness (QED) is 0.150. The number of hydrogen-bond acceptors (Lipinski definition) is 7. The number of hydrogen-bond donors (Lipinski definition) is 1. The van der Waals surface area contributed by atoms with Crippen LogP contribution in [0.5, 0.6) is 0 Å². The van der Waals surface area contributed by atoms with Crippen LogP contribution in [0.4, 0.5) is 5.69 Å². The second kappa shape index (κ2) is 10.3. The summed E-state index contributed by atoms with van der Waals surface area (Å²) in [6.07, 6.45) is 3.75. The number of rotatable bonds is 7. The van der Waals surface area contributed by atoms with Crippen LogP contribution < -0.4 is 9.05 Å². The van der Waals surface area contributed by atoms with Gasteiger partial charge in [0.25, 0.3) is 5.01 Å². The van der Waals surface area contributed by atoms with Crippen LogP contribution in [0.25, 0.3) is 16.3 Å². The fraction of sp³-hybridized carbons (Fsp3) is 0.348. The first-order valence-corrected chi connectivity index (χ1v) is 17.8. The summed E-state index contributed by atoms with van der Waals surface area (Å²) in [5, 5.41) is 0.696. The Labute approximate surface area is 240 Å². The standard InChI is InChI=1S/C23H22Br2N2O6S4/c24-15-5-7-19-17(12-15)26(9-1-2-11-36(28,29)30)21(34-19)14-22-27(10-3-4-23(27)37(31,32)33)18-13-16(25)6-8-20(18)35-22/h5-8,12-14,23H,1-4,9-11H2/p+1/b22-14-. The lowest BCUT2D eigenvalue weighted by molar-refractivity contribution is -0.669. The highest BCUT2D eigenvalue weighted by molar-refractivity contribution is 9.10. The fourth-order valence-electron chi connectivity index (χ4n) is 5.20. The number of fused-ring (bicyclic) bond motifs is 3. The van der Waals surface area contributed by atoms with Gasteiger partial charge in [0, 0.05) is 46.1 Å². The van der Waals surface area contributed by atoms with Crippen molar-refractivity contribution in [2.75, 3.05) is 12.3 Å². The van der Waals surface area contributed by atoms with E-state index in [0.29, 0.717) is 32.4 Å². The zero-order valence-corrected chi connectivity index (χ0v) is 25.8. The number of benzene rings is 2. The van der Waals surface area contributed by atoms with Gasteiger partial charge in [0.15, 0.2) is 17.3 Å². The Hall–Kier alpha value is -0.840. The van der Waals surface area contributed by atoms with Crippen molar-refractivity contribution in [2.45, 2.75) is 42.5 Å². The van der Waals surface area contributed by atoms with E-state index in [2.05, 4.69) is 36.4 Å². The first-order chi connectivity index (χ1) is 17.4. The molecule has 198 valence electrons. The lowest BCUT2D eigenvalue weighted by atomic mass is 10.2. The molecule has 1 N–H and O–H groups in total. The summed E-state index contributed by atoms with van der Waals surface area (Å²) < 4.78 is 73.6. The molecule has 2 unspecified atom stereocenters. The number of aryl methyl sites for hydroxylation is 1. The average molecular weight is 712 g/mol. The molecule has 0 bridgehead atoms. The van der Waals surface area contributed by atoms with Gasteiger partial charge in [-0.2, -0.15) is 13.0 Å². The molecule has 0 aliphatic carbocycles. The van der Waals surface area contributed by atoms with Crippen LogP contribution in [0.15, 0.2) is 55.3 Å². The molecule has 3 heterocycles. The number of thioether (sulfide) groups is 1. The zero-order chi connectivity index (χ0) is 26.6. The van der Waals surface area contributed by atoms with Gasteiger partial charge in [0.05, 0.1) is 27.6 Å². The highest BCUT2D eigenvalue weighted by Crippen LogP contribution is 2.57. The largest absolute Gasteiger partial charge is 0.748 e. The molecule has 2 aliphatic heterocycles. The molecule has 2 aromatic carbocycles. The van der Waals surface area contributed by atoms with E-state index >= 15 is 0 Å². The summed E-state index contributed by atoms with van der Waals surface area (Å²) >= 11 is 10.1. The van der Waals surface area contributed by atoms with Crippen LogP contribution in [0, 0.1) is 0 Å². The van der Waals surface area contributed by atoms with Crippen molar-refractivity contribution in [1.82, 2.24) is 4.48 Å².